The molecular formula is C20H27N2O+. The maximum atomic E-state index is 12.7. The Bertz CT molecular complexity index is 589. The van der Waals surface area contributed by atoms with E-state index in [4.69, 9.17) is 4.99 Å². The Hall–Kier alpha value is -1.48. The molecule has 0 saturated heterocycles. The number of hydrogen-bond acceptors (Lipinski definition) is 2. The van der Waals surface area contributed by atoms with Crippen LogP contribution in [0.4, 0.5) is 0 Å². The first-order valence-electron chi connectivity index (χ1n) is 9.26. The van der Waals surface area contributed by atoms with E-state index in [1.54, 1.807) is 4.90 Å². The van der Waals surface area contributed by atoms with Crippen LogP contribution in [-0.2, 0) is 4.79 Å². The number of aliphatic imine (C=N–C) groups is 1. The topological polar surface area (TPSA) is 33.9 Å². The van der Waals surface area contributed by atoms with Crippen molar-refractivity contribution in [1.29, 1.82) is 0 Å². The van der Waals surface area contributed by atoms with E-state index in [0.29, 0.717) is 18.1 Å². The summed E-state index contributed by atoms with van der Waals surface area (Å²) >= 11 is 0. The first kappa shape index (κ1) is 15.1. The quantitative estimate of drug-likeness (QED) is 0.894. The van der Waals surface area contributed by atoms with Crippen LogP contribution >= 0.6 is 0 Å². The molecule has 1 aromatic rings. The van der Waals surface area contributed by atoms with Gasteiger partial charge in [-0.3, -0.25) is 4.79 Å². The van der Waals surface area contributed by atoms with Crippen molar-refractivity contribution in [3.63, 3.8) is 0 Å². The molecule has 1 heterocycles. The molecule has 0 spiro atoms. The van der Waals surface area contributed by atoms with Gasteiger partial charge in [-0.2, -0.15) is 0 Å². The van der Waals surface area contributed by atoms with E-state index in [9.17, 15) is 4.79 Å². The Labute approximate surface area is 138 Å². The molecule has 0 amide bonds. The fourth-order valence-corrected chi connectivity index (χ4v) is 4.74. The fourth-order valence-electron chi connectivity index (χ4n) is 4.74. The van der Waals surface area contributed by atoms with Crippen molar-refractivity contribution < 1.29 is 9.69 Å². The Morgan fingerprint density at radius 1 is 1.00 bits per heavy atom. The van der Waals surface area contributed by atoms with Gasteiger partial charge in [0.25, 0.3) is 0 Å². The molecule has 4 rings (SSSR count). The number of benzene rings is 1. The maximum Gasteiger partial charge on any atom is 0.171 e. The third-order valence-electron chi connectivity index (χ3n) is 6.10. The van der Waals surface area contributed by atoms with Crippen LogP contribution in [-0.4, -0.2) is 30.8 Å². The van der Waals surface area contributed by atoms with Gasteiger partial charge in [0.1, 0.15) is 11.7 Å². The van der Waals surface area contributed by atoms with Crippen molar-refractivity contribution in [2.24, 2.45) is 10.9 Å². The first-order chi connectivity index (χ1) is 11.3. The van der Waals surface area contributed by atoms with Crippen molar-refractivity contribution in [3.05, 3.63) is 35.9 Å². The number of fused-ring (bicyclic) bond motifs is 1. The van der Waals surface area contributed by atoms with Gasteiger partial charge in [0.05, 0.1) is 12.6 Å². The Kier molecular flexibility index (Phi) is 4.30. The van der Waals surface area contributed by atoms with E-state index in [1.807, 2.05) is 6.07 Å². The minimum Gasteiger partial charge on any atom is -0.313 e. The third kappa shape index (κ3) is 3.12. The van der Waals surface area contributed by atoms with Gasteiger partial charge < -0.3 is 4.90 Å². The molecule has 3 atom stereocenters. The highest BCUT2D eigenvalue weighted by Gasteiger charge is 2.40. The minimum absolute atomic E-state index is 0.112. The normalized spacial score (nSPS) is 32.3. The summed E-state index contributed by atoms with van der Waals surface area (Å²) in [6, 6.07) is 11.2. The van der Waals surface area contributed by atoms with Crippen LogP contribution in [0.25, 0.3) is 0 Å². The number of carbonyl (C=O) groups is 1. The summed E-state index contributed by atoms with van der Waals surface area (Å²) in [6.45, 7) is 1.90. The average molecular weight is 311 g/mol. The summed E-state index contributed by atoms with van der Waals surface area (Å²) in [5.41, 5.74) is 2.48. The van der Waals surface area contributed by atoms with Gasteiger partial charge in [-0.05, 0) is 43.6 Å². The monoisotopic (exact) mass is 311 g/mol. The number of ketones is 1. The summed E-state index contributed by atoms with van der Waals surface area (Å²) in [7, 11) is 0. The lowest BCUT2D eigenvalue weighted by atomic mass is 9.75. The minimum atomic E-state index is 0.112. The predicted molar refractivity (Wildman–Crippen MR) is 91.9 cm³/mol. The summed E-state index contributed by atoms with van der Waals surface area (Å²) in [5, 5.41) is 0. The smallest absolute Gasteiger partial charge is 0.171 e. The lowest BCUT2D eigenvalue weighted by Crippen LogP contribution is -3.17. The summed E-state index contributed by atoms with van der Waals surface area (Å²) in [4.78, 5) is 19.2. The number of carbonyl (C=O) groups excluding carboxylic acids is 1. The molecule has 0 bridgehead atoms. The molecule has 2 unspecified atom stereocenters. The second-order valence-corrected chi connectivity index (χ2v) is 7.54. The van der Waals surface area contributed by atoms with Crippen molar-refractivity contribution in [3.8, 4) is 0 Å². The van der Waals surface area contributed by atoms with Gasteiger partial charge in [0.15, 0.2) is 6.67 Å². The second-order valence-electron chi connectivity index (χ2n) is 7.54. The van der Waals surface area contributed by atoms with E-state index in [1.165, 1.54) is 43.4 Å². The summed E-state index contributed by atoms with van der Waals surface area (Å²) in [6.07, 6.45) is 8.45. The van der Waals surface area contributed by atoms with Crippen LogP contribution in [0.2, 0.25) is 0 Å². The summed E-state index contributed by atoms with van der Waals surface area (Å²) in [5.74, 6) is 0.882. The molecule has 2 saturated carbocycles. The van der Waals surface area contributed by atoms with Crippen LogP contribution in [0.1, 0.15) is 56.4 Å². The first-order valence-corrected chi connectivity index (χ1v) is 9.26. The van der Waals surface area contributed by atoms with Crippen molar-refractivity contribution >= 4 is 11.5 Å². The van der Waals surface area contributed by atoms with Crippen LogP contribution in [0.15, 0.2) is 35.3 Å². The molecule has 3 aliphatic rings. The second kappa shape index (κ2) is 6.56. The van der Waals surface area contributed by atoms with E-state index in [2.05, 4.69) is 24.3 Å². The largest absolute Gasteiger partial charge is 0.313 e. The number of hydrogen-bond donors (Lipinski definition) is 1. The van der Waals surface area contributed by atoms with E-state index < -0.39 is 0 Å². The van der Waals surface area contributed by atoms with Gasteiger partial charge in [0.2, 0.25) is 0 Å². The van der Waals surface area contributed by atoms with E-state index >= 15 is 0 Å². The number of quaternary nitrogens is 1. The fraction of sp³-hybridized carbons (Fsp3) is 0.600. The molecule has 23 heavy (non-hydrogen) atoms. The number of rotatable bonds is 2. The van der Waals surface area contributed by atoms with Crippen LogP contribution in [0.3, 0.4) is 0 Å². The van der Waals surface area contributed by atoms with Crippen LogP contribution in [0, 0.1) is 5.92 Å². The van der Waals surface area contributed by atoms with Crippen LogP contribution < -0.4 is 4.90 Å². The lowest BCUT2D eigenvalue weighted by molar-refractivity contribution is -0.929. The zero-order valence-corrected chi connectivity index (χ0v) is 13.8. The molecule has 2 fully saturated rings. The molecule has 1 N–H and O–H groups in total. The predicted octanol–water partition coefficient (Wildman–Crippen LogP) is 2.38. The molecule has 0 aromatic heterocycles. The number of nitrogens with one attached hydrogen (secondary N) is 1. The van der Waals surface area contributed by atoms with E-state index in [0.717, 1.165) is 25.7 Å². The highest BCUT2D eigenvalue weighted by atomic mass is 16.1. The molecule has 122 valence electrons. The van der Waals surface area contributed by atoms with Crippen molar-refractivity contribution in [1.82, 2.24) is 0 Å². The molecule has 2 aliphatic carbocycles. The van der Waals surface area contributed by atoms with Gasteiger partial charge >= 0.3 is 0 Å². The van der Waals surface area contributed by atoms with Gasteiger partial charge in [-0.1, -0.05) is 36.8 Å². The number of nitrogens with zero attached hydrogens (tertiary/aromatic N) is 1. The number of Topliss-reactive ketones (excluding diaryl/α,β-unsaturated/α-hetero) is 1. The van der Waals surface area contributed by atoms with Crippen molar-refractivity contribution in [2.45, 2.75) is 56.9 Å². The highest BCUT2D eigenvalue weighted by molar-refractivity contribution is 6.08. The molecule has 3 nitrogen and oxygen atoms in total. The summed E-state index contributed by atoms with van der Waals surface area (Å²) < 4.78 is 0. The molecular weight excluding hydrogens is 284 g/mol. The standard InChI is InChI=1S/C20H26N2O/c23-20-12-16(15-7-3-1-4-8-15)11-19-18(20)13-22(14-21-19)17-9-5-2-6-10-17/h1,3-4,7-8,16-18H,2,5-6,9-14H2/p+1/t16-,18?/m1/s1. The Morgan fingerprint density at radius 2 is 1.78 bits per heavy atom. The van der Waals surface area contributed by atoms with Gasteiger partial charge in [-0.15, -0.1) is 0 Å². The zero-order chi connectivity index (χ0) is 15.6. The average Bonchev–Trinajstić information content (AvgIpc) is 2.63. The SMILES string of the molecule is O=C1C[C@H](c2ccccc2)CC2=NC[NH+](C3CCCCC3)CC12. The molecule has 1 aromatic carbocycles. The van der Waals surface area contributed by atoms with Crippen molar-refractivity contribution in [2.75, 3.05) is 13.2 Å². The third-order valence-corrected chi connectivity index (χ3v) is 6.10. The van der Waals surface area contributed by atoms with Gasteiger partial charge in [-0.25, -0.2) is 4.99 Å². The maximum absolute atomic E-state index is 12.7. The molecule has 1 aliphatic heterocycles. The van der Waals surface area contributed by atoms with Gasteiger partial charge in [0, 0.05) is 12.1 Å². The molecule has 3 heteroatoms. The van der Waals surface area contributed by atoms with E-state index in [-0.39, 0.29) is 5.92 Å². The highest BCUT2D eigenvalue weighted by Crippen LogP contribution is 2.32. The zero-order valence-electron chi connectivity index (χ0n) is 13.8. The van der Waals surface area contributed by atoms with Crippen LogP contribution in [0.5, 0.6) is 0 Å². The Morgan fingerprint density at radius 3 is 2.57 bits per heavy atom. The lowest BCUT2D eigenvalue weighted by Gasteiger charge is -2.38. The molecule has 0 radical (unpaired) electrons. The Balaban J connectivity index is 1.49.